The van der Waals surface area contributed by atoms with Crippen molar-refractivity contribution >= 4 is 17.7 Å². The fourth-order valence-electron chi connectivity index (χ4n) is 2.62. The Hall–Kier alpha value is -0.480. The van der Waals surface area contributed by atoms with Crippen LogP contribution < -0.4 is 5.32 Å². The first kappa shape index (κ1) is 13.0. The zero-order chi connectivity index (χ0) is 12.1. The molecule has 0 aromatic rings. The normalized spacial score (nSPS) is 22.1. The van der Waals surface area contributed by atoms with E-state index in [0.29, 0.717) is 5.57 Å². The van der Waals surface area contributed by atoms with Crippen LogP contribution in [0.15, 0.2) is 10.5 Å². The van der Waals surface area contributed by atoms with Gasteiger partial charge in [0.1, 0.15) is 0 Å². The largest absolute Gasteiger partial charge is 0.478 e. The third-order valence-corrected chi connectivity index (χ3v) is 4.93. The molecule has 0 saturated carbocycles. The van der Waals surface area contributed by atoms with Crippen LogP contribution in [0.1, 0.15) is 38.5 Å². The van der Waals surface area contributed by atoms with Crippen LogP contribution >= 0.6 is 11.8 Å². The van der Waals surface area contributed by atoms with E-state index < -0.39 is 5.97 Å². The molecule has 0 unspecified atom stereocenters. The van der Waals surface area contributed by atoms with Gasteiger partial charge in [0, 0.05) is 5.57 Å². The van der Waals surface area contributed by atoms with Gasteiger partial charge in [0.15, 0.2) is 0 Å². The van der Waals surface area contributed by atoms with E-state index in [2.05, 4.69) is 5.32 Å². The van der Waals surface area contributed by atoms with Crippen LogP contribution in [-0.2, 0) is 4.79 Å². The van der Waals surface area contributed by atoms with Crippen molar-refractivity contribution in [1.29, 1.82) is 0 Å². The Bertz CT molecular complexity index is 309. The minimum Gasteiger partial charge on any atom is -0.478 e. The van der Waals surface area contributed by atoms with Crippen LogP contribution in [0, 0.1) is 5.92 Å². The molecule has 1 aliphatic carbocycles. The topological polar surface area (TPSA) is 49.3 Å². The summed E-state index contributed by atoms with van der Waals surface area (Å²) in [6.07, 6.45) is 6.58. The molecule has 2 rings (SSSR count). The smallest absolute Gasteiger partial charge is 0.332 e. The molecule has 2 aliphatic rings. The number of carbonyl (C=O) groups is 1. The van der Waals surface area contributed by atoms with E-state index in [0.717, 1.165) is 48.9 Å². The molecule has 0 bridgehead atoms. The molecule has 1 heterocycles. The second-order valence-corrected chi connectivity index (χ2v) is 6.08. The second-order valence-electron chi connectivity index (χ2n) is 4.89. The van der Waals surface area contributed by atoms with Crippen LogP contribution in [0.25, 0.3) is 0 Å². The monoisotopic (exact) mass is 255 g/mol. The van der Waals surface area contributed by atoms with Crippen LogP contribution in [0.3, 0.4) is 0 Å². The molecule has 0 amide bonds. The summed E-state index contributed by atoms with van der Waals surface area (Å²) in [5, 5.41) is 12.4. The van der Waals surface area contributed by atoms with Crippen molar-refractivity contribution in [3.63, 3.8) is 0 Å². The van der Waals surface area contributed by atoms with Gasteiger partial charge in [0.05, 0.1) is 0 Å². The molecule has 1 aliphatic heterocycles. The zero-order valence-electron chi connectivity index (χ0n) is 10.2. The molecule has 1 fully saturated rings. The lowest BCUT2D eigenvalue weighted by Crippen LogP contribution is -2.27. The lowest BCUT2D eigenvalue weighted by Gasteiger charge is -2.22. The number of aliphatic carboxylic acids is 1. The molecule has 0 atom stereocenters. The molecular formula is C13H21NO2S. The number of hydrogen-bond donors (Lipinski definition) is 2. The van der Waals surface area contributed by atoms with E-state index in [1.54, 1.807) is 11.8 Å². The maximum absolute atomic E-state index is 11.0. The average molecular weight is 255 g/mol. The highest BCUT2D eigenvalue weighted by molar-refractivity contribution is 8.03. The van der Waals surface area contributed by atoms with Crippen molar-refractivity contribution in [2.75, 3.05) is 18.8 Å². The van der Waals surface area contributed by atoms with Crippen LogP contribution in [-0.4, -0.2) is 29.9 Å². The standard InChI is InChI=1S/C13H21NO2S/c15-13(16)11-2-1-3-12(11)17-9-6-10-4-7-14-8-5-10/h10,14H,1-9H2,(H,15,16). The first-order valence-electron chi connectivity index (χ1n) is 6.56. The maximum Gasteiger partial charge on any atom is 0.332 e. The summed E-state index contributed by atoms with van der Waals surface area (Å²) >= 11 is 1.79. The summed E-state index contributed by atoms with van der Waals surface area (Å²) in [5.41, 5.74) is 0.681. The quantitative estimate of drug-likeness (QED) is 0.793. The van der Waals surface area contributed by atoms with Gasteiger partial charge in [-0.1, -0.05) is 0 Å². The predicted molar refractivity (Wildman–Crippen MR) is 71.2 cm³/mol. The summed E-state index contributed by atoms with van der Waals surface area (Å²) in [5.74, 6) is 1.24. The Morgan fingerprint density at radius 3 is 2.82 bits per heavy atom. The van der Waals surface area contributed by atoms with Crippen LogP contribution in [0.2, 0.25) is 0 Å². The fourth-order valence-corrected chi connectivity index (χ4v) is 3.97. The van der Waals surface area contributed by atoms with E-state index in [-0.39, 0.29) is 0 Å². The molecule has 2 N–H and O–H groups in total. The summed E-state index contributed by atoms with van der Waals surface area (Å²) in [6, 6.07) is 0. The first-order valence-corrected chi connectivity index (χ1v) is 7.55. The Kier molecular flexibility index (Phi) is 4.92. The van der Waals surface area contributed by atoms with E-state index in [9.17, 15) is 4.79 Å². The van der Waals surface area contributed by atoms with E-state index in [1.165, 1.54) is 19.3 Å². The van der Waals surface area contributed by atoms with E-state index >= 15 is 0 Å². The fraction of sp³-hybridized carbons (Fsp3) is 0.769. The summed E-state index contributed by atoms with van der Waals surface area (Å²) in [7, 11) is 0. The molecule has 0 aromatic heterocycles. The number of hydrogen-bond acceptors (Lipinski definition) is 3. The van der Waals surface area contributed by atoms with Gasteiger partial charge in [0.25, 0.3) is 0 Å². The average Bonchev–Trinajstić information content (AvgIpc) is 2.79. The molecule has 17 heavy (non-hydrogen) atoms. The van der Waals surface area contributed by atoms with Crippen molar-refractivity contribution in [2.45, 2.75) is 38.5 Å². The summed E-state index contributed by atoms with van der Waals surface area (Å²) in [6.45, 7) is 2.30. The highest BCUT2D eigenvalue weighted by Gasteiger charge is 2.21. The molecule has 3 nitrogen and oxygen atoms in total. The highest BCUT2D eigenvalue weighted by atomic mass is 32.2. The number of carboxylic acids is 1. The summed E-state index contributed by atoms with van der Waals surface area (Å²) < 4.78 is 0. The van der Waals surface area contributed by atoms with Crippen molar-refractivity contribution < 1.29 is 9.90 Å². The van der Waals surface area contributed by atoms with Gasteiger partial charge in [-0.2, -0.15) is 0 Å². The number of piperidine rings is 1. The van der Waals surface area contributed by atoms with Crippen LogP contribution in [0.5, 0.6) is 0 Å². The number of allylic oxidation sites excluding steroid dienone is 1. The van der Waals surface area contributed by atoms with Gasteiger partial charge in [-0.05, 0) is 68.2 Å². The number of rotatable bonds is 5. The van der Waals surface area contributed by atoms with Crippen molar-refractivity contribution in [1.82, 2.24) is 5.32 Å². The molecular weight excluding hydrogens is 234 g/mol. The highest BCUT2D eigenvalue weighted by Crippen LogP contribution is 2.35. The summed E-state index contributed by atoms with van der Waals surface area (Å²) in [4.78, 5) is 12.1. The van der Waals surface area contributed by atoms with Crippen molar-refractivity contribution in [2.24, 2.45) is 5.92 Å². The zero-order valence-corrected chi connectivity index (χ0v) is 11.0. The maximum atomic E-state index is 11.0. The Morgan fingerprint density at radius 1 is 1.35 bits per heavy atom. The lowest BCUT2D eigenvalue weighted by molar-refractivity contribution is -0.132. The molecule has 1 saturated heterocycles. The Morgan fingerprint density at radius 2 is 2.12 bits per heavy atom. The van der Waals surface area contributed by atoms with E-state index in [1.807, 2.05) is 0 Å². The van der Waals surface area contributed by atoms with Crippen LogP contribution in [0.4, 0.5) is 0 Å². The minimum atomic E-state index is -0.702. The van der Waals surface area contributed by atoms with Gasteiger partial charge < -0.3 is 10.4 Å². The molecule has 0 aromatic carbocycles. The lowest BCUT2D eigenvalue weighted by atomic mass is 9.96. The number of nitrogens with one attached hydrogen (secondary N) is 1. The van der Waals surface area contributed by atoms with Gasteiger partial charge in [-0.15, -0.1) is 11.8 Å². The SMILES string of the molecule is O=C(O)C1=C(SCCC2CCNCC2)CCC1. The van der Waals surface area contributed by atoms with Gasteiger partial charge in [-0.25, -0.2) is 4.79 Å². The number of thioether (sulfide) groups is 1. The van der Waals surface area contributed by atoms with Gasteiger partial charge in [-0.3, -0.25) is 0 Å². The van der Waals surface area contributed by atoms with Crippen molar-refractivity contribution in [3.8, 4) is 0 Å². The minimum absolute atomic E-state index is 0.681. The van der Waals surface area contributed by atoms with Crippen molar-refractivity contribution in [3.05, 3.63) is 10.5 Å². The molecule has 0 radical (unpaired) electrons. The molecule has 96 valence electrons. The third-order valence-electron chi connectivity index (χ3n) is 3.69. The number of carboxylic acid groups (broad SMARTS) is 1. The van der Waals surface area contributed by atoms with Gasteiger partial charge >= 0.3 is 5.97 Å². The van der Waals surface area contributed by atoms with Gasteiger partial charge in [0.2, 0.25) is 0 Å². The first-order chi connectivity index (χ1) is 8.27. The third kappa shape index (κ3) is 3.75. The Labute approximate surface area is 107 Å². The predicted octanol–water partition coefficient (Wildman–Crippen LogP) is 2.63. The second kappa shape index (κ2) is 6.45. The molecule has 0 spiro atoms. The van der Waals surface area contributed by atoms with E-state index in [4.69, 9.17) is 5.11 Å². The molecule has 4 heteroatoms. The Balaban J connectivity index is 1.74.